The van der Waals surface area contributed by atoms with Gasteiger partial charge in [0, 0.05) is 39.5 Å². The molecular weight excluding hydrogens is 582 g/mol. The predicted octanol–water partition coefficient (Wildman–Crippen LogP) is 6.97. The van der Waals surface area contributed by atoms with Crippen LogP contribution in [0.15, 0.2) is 90.0 Å². The van der Waals surface area contributed by atoms with E-state index >= 15 is 0 Å². The largest absolute Gasteiger partial charge is 0.493 e. The standard InChI is InChI=1S/C34H28ClN3O6/c1-4-21-11-9-13-25-30(24-12-6-7-14-26(24)35)32(37-31(21)25)33(40)38-36-19-23-10-5-8-15-27(23)44-34(41)22-16-17-28(43-20(2)39)29(18-22)42-3/h5-19,37H,4H2,1-3H3,(H,38,40). The first kappa shape index (κ1) is 30.1. The summed E-state index contributed by atoms with van der Waals surface area (Å²) in [6.07, 6.45) is 2.16. The molecule has 1 amide bonds. The molecule has 0 spiro atoms. The number of nitrogens with one attached hydrogen (secondary N) is 2. The van der Waals surface area contributed by atoms with Gasteiger partial charge in [0.1, 0.15) is 11.4 Å². The summed E-state index contributed by atoms with van der Waals surface area (Å²) in [5.41, 5.74) is 6.84. The van der Waals surface area contributed by atoms with Gasteiger partial charge in [-0.05, 0) is 48.4 Å². The second kappa shape index (κ2) is 13.3. The van der Waals surface area contributed by atoms with Gasteiger partial charge in [-0.2, -0.15) is 5.10 Å². The molecule has 9 nitrogen and oxygen atoms in total. The Morgan fingerprint density at radius 1 is 0.909 bits per heavy atom. The van der Waals surface area contributed by atoms with Crippen LogP contribution < -0.4 is 19.6 Å². The number of amides is 1. The van der Waals surface area contributed by atoms with Gasteiger partial charge in [0.05, 0.1) is 18.9 Å². The van der Waals surface area contributed by atoms with E-state index in [1.807, 2.05) is 43.3 Å². The molecule has 222 valence electrons. The highest BCUT2D eigenvalue weighted by Gasteiger charge is 2.22. The van der Waals surface area contributed by atoms with Gasteiger partial charge in [0.15, 0.2) is 11.5 Å². The van der Waals surface area contributed by atoms with Crippen molar-refractivity contribution in [1.29, 1.82) is 0 Å². The molecule has 10 heteroatoms. The summed E-state index contributed by atoms with van der Waals surface area (Å²) in [6.45, 7) is 3.32. The van der Waals surface area contributed by atoms with E-state index in [2.05, 4.69) is 15.5 Å². The summed E-state index contributed by atoms with van der Waals surface area (Å²) in [4.78, 5) is 41.1. The van der Waals surface area contributed by atoms with Crippen molar-refractivity contribution in [2.45, 2.75) is 20.3 Å². The molecule has 0 saturated heterocycles. The number of benzene rings is 4. The SMILES string of the molecule is CCc1cccc2c(-c3ccccc3Cl)c(C(=O)NN=Cc3ccccc3OC(=O)c3ccc(OC(C)=O)c(OC)c3)[nH]c12. The molecule has 0 bridgehead atoms. The normalized spacial score (nSPS) is 11.0. The number of para-hydroxylation sites is 2. The molecule has 0 aliphatic heterocycles. The quantitative estimate of drug-likeness (QED) is 0.0806. The van der Waals surface area contributed by atoms with Gasteiger partial charge < -0.3 is 19.2 Å². The van der Waals surface area contributed by atoms with E-state index in [-0.39, 0.29) is 22.8 Å². The summed E-state index contributed by atoms with van der Waals surface area (Å²) in [5.74, 6) is -1.06. The van der Waals surface area contributed by atoms with Crippen LogP contribution in [0.4, 0.5) is 0 Å². The zero-order chi connectivity index (χ0) is 31.2. The van der Waals surface area contributed by atoms with Gasteiger partial charge in [-0.3, -0.25) is 9.59 Å². The van der Waals surface area contributed by atoms with E-state index in [4.69, 9.17) is 25.8 Å². The molecule has 44 heavy (non-hydrogen) atoms. The number of fused-ring (bicyclic) bond motifs is 1. The fraction of sp³-hybridized carbons (Fsp3) is 0.118. The smallest absolute Gasteiger partial charge is 0.343 e. The highest BCUT2D eigenvalue weighted by atomic mass is 35.5. The molecule has 4 aromatic carbocycles. The number of esters is 2. The number of hydrogen-bond donors (Lipinski definition) is 2. The Kier molecular flexibility index (Phi) is 9.06. The molecule has 0 atom stereocenters. The fourth-order valence-corrected chi connectivity index (χ4v) is 5.01. The van der Waals surface area contributed by atoms with Crippen LogP contribution in [0.1, 0.15) is 45.8 Å². The first-order valence-corrected chi connectivity index (χ1v) is 14.1. The number of hydrogen-bond acceptors (Lipinski definition) is 7. The van der Waals surface area contributed by atoms with Crippen LogP contribution >= 0.6 is 11.6 Å². The van der Waals surface area contributed by atoms with E-state index in [9.17, 15) is 14.4 Å². The Balaban J connectivity index is 1.39. The second-order valence-electron chi connectivity index (χ2n) is 9.63. The highest BCUT2D eigenvalue weighted by molar-refractivity contribution is 6.34. The van der Waals surface area contributed by atoms with E-state index in [1.165, 1.54) is 38.4 Å². The van der Waals surface area contributed by atoms with Gasteiger partial charge in [0.2, 0.25) is 0 Å². The molecular formula is C34H28ClN3O6. The number of nitrogens with zero attached hydrogens (tertiary/aromatic N) is 1. The number of carbonyl (C=O) groups is 3. The van der Waals surface area contributed by atoms with Gasteiger partial charge in [-0.15, -0.1) is 0 Å². The lowest BCUT2D eigenvalue weighted by Crippen LogP contribution is -2.19. The van der Waals surface area contributed by atoms with Crippen molar-refractivity contribution in [3.05, 3.63) is 112 Å². The molecule has 5 rings (SSSR count). The maximum Gasteiger partial charge on any atom is 0.343 e. The number of halogens is 1. The maximum atomic E-state index is 13.5. The van der Waals surface area contributed by atoms with Crippen LogP contribution in [0.25, 0.3) is 22.0 Å². The Morgan fingerprint density at radius 2 is 1.68 bits per heavy atom. The first-order chi connectivity index (χ1) is 21.3. The molecule has 2 N–H and O–H groups in total. The summed E-state index contributed by atoms with van der Waals surface area (Å²) in [7, 11) is 1.40. The minimum Gasteiger partial charge on any atom is -0.493 e. The van der Waals surface area contributed by atoms with Gasteiger partial charge >= 0.3 is 11.9 Å². The number of carbonyl (C=O) groups excluding carboxylic acids is 3. The molecule has 0 aliphatic rings. The van der Waals surface area contributed by atoms with Crippen LogP contribution in [0.2, 0.25) is 5.02 Å². The van der Waals surface area contributed by atoms with Crippen molar-refractivity contribution in [3.63, 3.8) is 0 Å². The summed E-state index contributed by atoms with van der Waals surface area (Å²) >= 11 is 6.56. The zero-order valence-corrected chi connectivity index (χ0v) is 24.9. The average molecular weight is 610 g/mol. The van der Waals surface area contributed by atoms with Gasteiger partial charge in [0.25, 0.3) is 5.91 Å². The second-order valence-corrected chi connectivity index (χ2v) is 10.0. The van der Waals surface area contributed by atoms with Crippen LogP contribution in [-0.4, -0.2) is 36.2 Å². The lowest BCUT2D eigenvalue weighted by atomic mass is 9.99. The fourth-order valence-electron chi connectivity index (χ4n) is 4.78. The average Bonchev–Trinajstić information content (AvgIpc) is 3.41. The summed E-state index contributed by atoms with van der Waals surface area (Å²) in [6, 6.07) is 24.3. The molecule has 0 unspecified atom stereocenters. The molecule has 0 fully saturated rings. The molecule has 0 radical (unpaired) electrons. The molecule has 0 aliphatic carbocycles. The minimum atomic E-state index is -0.670. The first-order valence-electron chi connectivity index (χ1n) is 13.7. The van der Waals surface area contributed by atoms with E-state index in [0.717, 1.165) is 28.5 Å². The monoisotopic (exact) mass is 609 g/mol. The Morgan fingerprint density at radius 3 is 2.43 bits per heavy atom. The van der Waals surface area contributed by atoms with Crippen LogP contribution in [0.5, 0.6) is 17.2 Å². The van der Waals surface area contributed by atoms with Crippen molar-refractivity contribution < 1.29 is 28.6 Å². The number of aromatic amines is 1. The molecule has 0 saturated carbocycles. The topological polar surface area (TPSA) is 119 Å². The van der Waals surface area contributed by atoms with Gasteiger partial charge in [-0.1, -0.05) is 67.1 Å². The van der Waals surface area contributed by atoms with Crippen molar-refractivity contribution in [2.75, 3.05) is 7.11 Å². The van der Waals surface area contributed by atoms with Crippen molar-refractivity contribution >= 4 is 46.6 Å². The van der Waals surface area contributed by atoms with Crippen molar-refractivity contribution in [3.8, 4) is 28.4 Å². The number of hydrazone groups is 1. The predicted molar refractivity (Wildman–Crippen MR) is 169 cm³/mol. The number of rotatable bonds is 9. The zero-order valence-electron chi connectivity index (χ0n) is 24.1. The summed E-state index contributed by atoms with van der Waals surface area (Å²) in [5, 5.41) is 5.55. The molecule has 1 aromatic heterocycles. The highest BCUT2D eigenvalue weighted by Crippen LogP contribution is 2.38. The number of H-pyrrole nitrogens is 1. The number of methoxy groups -OCH3 is 1. The number of aryl methyl sites for hydroxylation is 1. The number of ether oxygens (including phenoxy) is 3. The Labute approximate surface area is 258 Å². The minimum absolute atomic E-state index is 0.176. The molecule has 5 aromatic rings. The van der Waals surface area contributed by atoms with Crippen LogP contribution in [-0.2, 0) is 11.2 Å². The van der Waals surface area contributed by atoms with Gasteiger partial charge in [-0.25, -0.2) is 10.2 Å². The Bertz CT molecular complexity index is 1910. The number of aromatic nitrogens is 1. The lowest BCUT2D eigenvalue weighted by Gasteiger charge is -2.11. The van der Waals surface area contributed by atoms with Crippen molar-refractivity contribution in [2.24, 2.45) is 5.10 Å². The van der Waals surface area contributed by atoms with Crippen LogP contribution in [0.3, 0.4) is 0 Å². The van der Waals surface area contributed by atoms with E-state index in [0.29, 0.717) is 21.8 Å². The summed E-state index contributed by atoms with van der Waals surface area (Å²) < 4.78 is 16.0. The lowest BCUT2D eigenvalue weighted by molar-refractivity contribution is -0.132. The van der Waals surface area contributed by atoms with E-state index in [1.54, 1.807) is 30.3 Å². The third-order valence-corrected chi connectivity index (χ3v) is 7.15. The Hall–Kier alpha value is -5.41. The van der Waals surface area contributed by atoms with E-state index < -0.39 is 17.8 Å². The maximum absolute atomic E-state index is 13.5. The third kappa shape index (κ3) is 6.33. The van der Waals surface area contributed by atoms with Crippen molar-refractivity contribution in [1.82, 2.24) is 10.4 Å². The third-order valence-electron chi connectivity index (χ3n) is 6.82. The molecule has 1 heterocycles. The van der Waals surface area contributed by atoms with Crippen LogP contribution in [0, 0.1) is 0 Å².